The van der Waals surface area contributed by atoms with Gasteiger partial charge in [-0.2, -0.15) is 0 Å². The number of nitrogens with zero attached hydrogens (tertiary/aromatic N) is 1. The van der Waals surface area contributed by atoms with Crippen molar-refractivity contribution in [1.82, 2.24) is 10.2 Å². The Kier molecular flexibility index (Phi) is 4.88. The second kappa shape index (κ2) is 6.64. The molecular formula is C14H19ClN2O. The summed E-state index contributed by atoms with van der Waals surface area (Å²) in [6.45, 7) is 2.23. The number of amides is 2. The number of carbonyl (C=O) groups excluding carboxylic acids is 1. The summed E-state index contributed by atoms with van der Waals surface area (Å²) in [5, 5.41) is 3.64. The van der Waals surface area contributed by atoms with Crippen molar-refractivity contribution in [3.63, 3.8) is 0 Å². The predicted molar refractivity (Wildman–Crippen MR) is 73.7 cm³/mol. The van der Waals surface area contributed by atoms with Crippen LogP contribution in [-0.2, 0) is 6.54 Å². The van der Waals surface area contributed by atoms with E-state index in [4.69, 9.17) is 11.6 Å². The Morgan fingerprint density at radius 3 is 2.50 bits per heavy atom. The third-order valence-corrected chi connectivity index (χ3v) is 3.65. The first-order valence-corrected chi connectivity index (χ1v) is 6.91. The molecule has 1 aromatic carbocycles. The van der Waals surface area contributed by atoms with E-state index in [1.165, 1.54) is 12.8 Å². The standard InChI is InChI=1S/C14H19ClN2O/c15-13-8-4-3-7-12(13)11-16-14(18)17-9-5-1-2-6-10-17/h3-4,7-8H,1-2,5-6,9-11H2,(H,16,18). The summed E-state index contributed by atoms with van der Waals surface area (Å²) in [4.78, 5) is 13.9. The summed E-state index contributed by atoms with van der Waals surface area (Å²) in [5.41, 5.74) is 0.960. The summed E-state index contributed by atoms with van der Waals surface area (Å²) >= 11 is 6.05. The first-order chi connectivity index (χ1) is 8.77. The molecule has 0 atom stereocenters. The van der Waals surface area contributed by atoms with Gasteiger partial charge in [0.25, 0.3) is 0 Å². The highest BCUT2D eigenvalue weighted by molar-refractivity contribution is 6.31. The lowest BCUT2D eigenvalue weighted by atomic mass is 10.2. The summed E-state index contributed by atoms with van der Waals surface area (Å²) in [6, 6.07) is 7.62. The van der Waals surface area contributed by atoms with Crippen LogP contribution in [-0.4, -0.2) is 24.0 Å². The van der Waals surface area contributed by atoms with E-state index in [0.29, 0.717) is 11.6 Å². The fourth-order valence-corrected chi connectivity index (χ4v) is 2.40. The third-order valence-electron chi connectivity index (χ3n) is 3.28. The molecule has 0 aromatic heterocycles. The number of hydrogen-bond donors (Lipinski definition) is 1. The summed E-state index contributed by atoms with van der Waals surface area (Å²) in [7, 11) is 0. The van der Waals surface area contributed by atoms with Crippen LogP contribution in [0.1, 0.15) is 31.2 Å². The Morgan fingerprint density at radius 2 is 1.83 bits per heavy atom. The second-order valence-electron chi connectivity index (χ2n) is 4.65. The minimum absolute atomic E-state index is 0.0248. The maximum Gasteiger partial charge on any atom is 0.317 e. The minimum atomic E-state index is 0.0248. The highest BCUT2D eigenvalue weighted by Crippen LogP contribution is 2.15. The monoisotopic (exact) mass is 266 g/mol. The molecule has 3 nitrogen and oxygen atoms in total. The molecule has 0 radical (unpaired) electrons. The summed E-state index contributed by atoms with van der Waals surface area (Å²) in [5.74, 6) is 0. The number of nitrogens with one attached hydrogen (secondary N) is 1. The molecular weight excluding hydrogens is 248 g/mol. The molecule has 1 saturated heterocycles. The van der Waals surface area contributed by atoms with Gasteiger partial charge in [-0.25, -0.2) is 4.79 Å². The third kappa shape index (κ3) is 3.64. The van der Waals surface area contributed by atoms with Gasteiger partial charge in [0.1, 0.15) is 0 Å². The van der Waals surface area contributed by atoms with Gasteiger partial charge in [0.15, 0.2) is 0 Å². The highest BCUT2D eigenvalue weighted by Gasteiger charge is 2.14. The van der Waals surface area contributed by atoms with Crippen molar-refractivity contribution in [2.75, 3.05) is 13.1 Å². The SMILES string of the molecule is O=C(NCc1ccccc1Cl)N1CCCCCC1. The first-order valence-electron chi connectivity index (χ1n) is 6.53. The van der Waals surface area contributed by atoms with Gasteiger partial charge in [-0.3, -0.25) is 0 Å². The molecule has 0 saturated carbocycles. The van der Waals surface area contributed by atoms with Crippen LogP contribution >= 0.6 is 11.6 Å². The molecule has 98 valence electrons. The summed E-state index contributed by atoms with van der Waals surface area (Å²) in [6.07, 6.45) is 4.68. The fourth-order valence-electron chi connectivity index (χ4n) is 2.20. The van der Waals surface area contributed by atoms with Gasteiger partial charge in [0.2, 0.25) is 0 Å². The van der Waals surface area contributed by atoms with Crippen LogP contribution in [0.4, 0.5) is 4.79 Å². The van der Waals surface area contributed by atoms with E-state index in [-0.39, 0.29) is 6.03 Å². The number of urea groups is 1. The minimum Gasteiger partial charge on any atom is -0.334 e. The number of rotatable bonds is 2. The molecule has 1 N–H and O–H groups in total. The Morgan fingerprint density at radius 1 is 1.17 bits per heavy atom. The van der Waals surface area contributed by atoms with Crippen molar-refractivity contribution in [2.24, 2.45) is 0 Å². The molecule has 1 fully saturated rings. The van der Waals surface area contributed by atoms with Crippen molar-refractivity contribution < 1.29 is 4.79 Å². The second-order valence-corrected chi connectivity index (χ2v) is 5.06. The van der Waals surface area contributed by atoms with Gasteiger partial charge in [-0.1, -0.05) is 42.6 Å². The zero-order valence-electron chi connectivity index (χ0n) is 10.5. The smallest absolute Gasteiger partial charge is 0.317 e. The van der Waals surface area contributed by atoms with Crippen LogP contribution in [0.2, 0.25) is 5.02 Å². The highest BCUT2D eigenvalue weighted by atomic mass is 35.5. The molecule has 0 bridgehead atoms. The maximum absolute atomic E-state index is 12.0. The van der Waals surface area contributed by atoms with Crippen LogP contribution in [0.5, 0.6) is 0 Å². The Bertz CT molecular complexity index is 401. The van der Waals surface area contributed by atoms with Crippen molar-refractivity contribution in [3.8, 4) is 0 Å². The Balaban J connectivity index is 1.86. The lowest BCUT2D eigenvalue weighted by molar-refractivity contribution is 0.199. The van der Waals surface area contributed by atoms with Crippen molar-refractivity contribution in [3.05, 3.63) is 34.9 Å². The molecule has 0 spiro atoms. The van der Waals surface area contributed by atoms with E-state index >= 15 is 0 Å². The number of likely N-dealkylation sites (tertiary alicyclic amines) is 1. The van der Waals surface area contributed by atoms with Gasteiger partial charge in [-0.05, 0) is 24.5 Å². The topological polar surface area (TPSA) is 32.3 Å². The molecule has 1 aliphatic heterocycles. The lowest BCUT2D eigenvalue weighted by Crippen LogP contribution is -2.40. The van der Waals surface area contributed by atoms with E-state index in [0.717, 1.165) is 31.5 Å². The lowest BCUT2D eigenvalue weighted by Gasteiger charge is -2.20. The Hall–Kier alpha value is -1.22. The largest absolute Gasteiger partial charge is 0.334 e. The van der Waals surface area contributed by atoms with E-state index < -0.39 is 0 Å². The van der Waals surface area contributed by atoms with Gasteiger partial charge < -0.3 is 10.2 Å². The number of benzene rings is 1. The quantitative estimate of drug-likeness (QED) is 0.874. The van der Waals surface area contributed by atoms with Gasteiger partial charge in [-0.15, -0.1) is 0 Å². The molecule has 0 aliphatic carbocycles. The van der Waals surface area contributed by atoms with Crippen LogP contribution in [0.15, 0.2) is 24.3 Å². The van der Waals surface area contributed by atoms with Crippen molar-refractivity contribution >= 4 is 17.6 Å². The average Bonchev–Trinajstić information content (AvgIpc) is 2.66. The normalized spacial score (nSPS) is 16.2. The molecule has 2 rings (SSSR count). The number of carbonyl (C=O) groups is 1. The van der Waals surface area contributed by atoms with Gasteiger partial charge in [0.05, 0.1) is 0 Å². The number of hydrogen-bond acceptors (Lipinski definition) is 1. The number of halogens is 1. The molecule has 4 heteroatoms. The summed E-state index contributed by atoms with van der Waals surface area (Å²) < 4.78 is 0. The van der Waals surface area contributed by atoms with Crippen LogP contribution in [0.3, 0.4) is 0 Å². The maximum atomic E-state index is 12.0. The predicted octanol–water partition coefficient (Wildman–Crippen LogP) is 3.43. The molecule has 2 amide bonds. The van der Waals surface area contributed by atoms with E-state index in [1.54, 1.807) is 0 Å². The van der Waals surface area contributed by atoms with Gasteiger partial charge >= 0.3 is 6.03 Å². The van der Waals surface area contributed by atoms with E-state index in [2.05, 4.69) is 5.32 Å². The van der Waals surface area contributed by atoms with E-state index in [9.17, 15) is 4.79 Å². The van der Waals surface area contributed by atoms with E-state index in [1.807, 2.05) is 29.2 Å². The Labute approximate surface area is 113 Å². The van der Waals surface area contributed by atoms with Crippen LogP contribution < -0.4 is 5.32 Å². The fraction of sp³-hybridized carbons (Fsp3) is 0.500. The van der Waals surface area contributed by atoms with Crippen molar-refractivity contribution in [2.45, 2.75) is 32.2 Å². The van der Waals surface area contributed by atoms with Crippen LogP contribution in [0, 0.1) is 0 Å². The van der Waals surface area contributed by atoms with Gasteiger partial charge in [0, 0.05) is 24.7 Å². The van der Waals surface area contributed by atoms with Crippen LogP contribution in [0.25, 0.3) is 0 Å². The molecule has 0 unspecified atom stereocenters. The molecule has 1 heterocycles. The average molecular weight is 267 g/mol. The zero-order valence-corrected chi connectivity index (χ0v) is 11.2. The molecule has 1 aromatic rings. The zero-order chi connectivity index (χ0) is 12.8. The van der Waals surface area contributed by atoms with Crippen molar-refractivity contribution in [1.29, 1.82) is 0 Å². The first kappa shape index (κ1) is 13.2. The molecule has 18 heavy (non-hydrogen) atoms. The molecule has 1 aliphatic rings.